The van der Waals surface area contributed by atoms with Gasteiger partial charge in [0.15, 0.2) is 5.12 Å². The van der Waals surface area contributed by atoms with Gasteiger partial charge in [-0.15, -0.1) is 0 Å². The van der Waals surface area contributed by atoms with Crippen LogP contribution in [-0.4, -0.2) is 37.3 Å². The van der Waals surface area contributed by atoms with Crippen LogP contribution >= 0.6 is 11.8 Å². The van der Waals surface area contributed by atoms with Gasteiger partial charge in [-0.25, -0.2) is 0 Å². The monoisotopic (exact) mass is 274 g/mol. The first kappa shape index (κ1) is 16.0. The fraction of sp³-hybridized carbons (Fsp3) is 0.929. The molecular weight excluding hydrogens is 248 g/mol. The summed E-state index contributed by atoms with van der Waals surface area (Å²) in [6.45, 7) is 5.10. The molecule has 0 heterocycles. The Morgan fingerprint density at radius 3 is 2.56 bits per heavy atom. The second kappa shape index (κ2) is 8.18. The summed E-state index contributed by atoms with van der Waals surface area (Å²) in [5.74, 6) is 0.724. The highest BCUT2D eigenvalue weighted by molar-refractivity contribution is 8.13. The highest BCUT2D eigenvalue weighted by atomic mass is 32.2. The van der Waals surface area contributed by atoms with Crippen LogP contribution < -0.4 is 0 Å². The number of carbonyl (C=O) groups excluding carboxylic acids is 1. The molecule has 1 aliphatic rings. The van der Waals surface area contributed by atoms with Gasteiger partial charge in [-0.3, -0.25) is 4.79 Å². The lowest BCUT2D eigenvalue weighted by molar-refractivity contribution is -0.123. The van der Waals surface area contributed by atoms with E-state index in [4.69, 9.17) is 9.47 Å². The zero-order chi connectivity index (χ0) is 13.4. The van der Waals surface area contributed by atoms with Crippen molar-refractivity contribution in [3.05, 3.63) is 0 Å². The van der Waals surface area contributed by atoms with E-state index in [-0.39, 0.29) is 5.12 Å². The molecule has 0 bridgehead atoms. The van der Waals surface area contributed by atoms with Crippen LogP contribution in [0.2, 0.25) is 0 Å². The van der Waals surface area contributed by atoms with E-state index in [9.17, 15) is 4.79 Å². The van der Waals surface area contributed by atoms with E-state index in [2.05, 4.69) is 0 Å². The maximum atomic E-state index is 12.0. The molecule has 0 spiro atoms. The lowest BCUT2D eigenvalue weighted by atomic mass is 9.95. The summed E-state index contributed by atoms with van der Waals surface area (Å²) in [7, 11) is 1.66. The van der Waals surface area contributed by atoms with Gasteiger partial charge in [0.2, 0.25) is 0 Å². The van der Waals surface area contributed by atoms with Crippen LogP contribution in [0.4, 0.5) is 0 Å². The summed E-state index contributed by atoms with van der Waals surface area (Å²) >= 11 is 1.35. The van der Waals surface area contributed by atoms with Crippen molar-refractivity contribution in [3.63, 3.8) is 0 Å². The lowest BCUT2D eigenvalue weighted by Gasteiger charge is -2.28. The van der Waals surface area contributed by atoms with Gasteiger partial charge in [-0.2, -0.15) is 0 Å². The number of thioether (sulfide) groups is 1. The zero-order valence-corrected chi connectivity index (χ0v) is 12.7. The number of methoxy groups -OCH3 is 1. The molecule has 0 aromatic rings. The number of hydrogen-bond donors (Lipinski definition) is 0. The first-order valence-electron chi connectivity index (χ1n) is 6.84. The molecular formula is C14H26O3S. The molecule has 0 radical (unpaired) electrons. The summed E-state index contributed by atoms with van der Waals surface area (Å²) in [5, 5.41) is 0.204. The molecule has 4 heteroatoms. The van der Waals surface area contributed by atoms with Crippen molar-refractivity contribution in [1.29, 1.82) is 0 Å². The van der Waals surface area contributed by atoms with Crippen LogP contribution in [0.15, 0.2) is 0 Å². The number of rotatable bonds is 7. The SMILES string of the molecule is COCCSC(=O)C(C)(C)COC1CCCCC1. The molecule has 0 saturated heterocycles. The fourth-order valence-electron chi connectivity index (χ4n) is 2.03. The quantitative estimate of drug-likeness (QED) is 0.668. The molecule has 0 aromatic heterocycles. The highest BCUT2D eigenvalue weighted by Crippen LogP contribution is 2.27. The van der Waals surface area contributed by atoms with Crippen LogP contribution in [-0.2, 0) is 14.3 Å². The number of hydrogen-bond acceptors (Lipinski definition) is 4. The Kier molecular flexibility index (Phi) is 7.27. The molecule has 0 unspecified atom stereocenters. The molecule has 1 fully saturated rings. The maximum absolute atomic E-state index is 12.0. The van der Waals surface area contributed by atoms with Crippen LogP contribution in [0.5, 0.6) is 0 Å². The molecule has 0 atom stereocenters. The lowest BCUT2D eigenvalue weighted by Crippen LogP contribution is -2.31. The average Bonchev–Trinajstić information content (AvgIpc) is 2.38. The van der Waals surface area contributed by atoms with Crippen LogP contribution in [0.3, 0.4) is 0 Å². The molecule has 0 aromatic carbocycles. The third-order valence-corrected chi connectivity index (χ3v) is 4.49. The zero-order valence-electron chi connectivity index (χ0n) is 11.9. The third kappa shape index (κ3) is 5.72. The van der Waals surface area contributed by atoms with E-state index < -0.39 is 5.41 Å². The molecule has 0 N–H and O–H groups in total. The molecule has 0 aliphatic heterocycles. The number of carbonyl (C=O) groups is 1. The second-order valence-electron chi connectivity index (χ2n) is 5.58. The van der Waals surface area contributed by atoms with E-state index in [0.717, 1.165) is 18.6 Å². The summed E-state index contributed by atoms with van der Waals surface area (Å²) in [4.78, 5) is 12.0. The molecule has 1 rings (SSSR count). The van der Waals surface area contributed by atoms with Gasteiger partial charge in [0, 0.05) is 12.9 Å². The maximum Gasteiger partial charge on any atom is 0.196 e. The predicted molar refractivity (Wildman–Crippen MR) is 75.9 cm³/mol. The number of ether oxygens (including phenoxy) is 2. The molecule has 1 aliphatic carbocycles. The summed E-state index contributed by atoms with van der Waals surface area (Å²) in [6.07, 6.45) is 6.54. The fourth-order valence-corrected chi connectivity index (χ4v) is 2.92. The molecule has 3 nitrogen and oxygen atoms in total. The molecule has 18 heavy (non-hydrogen) atoms. The largest absolute Gasteiger partial charge is 0.384 e. The van der Waals surface area contributed by atoms with Crippen LogP contribution in [0.25, 0.3) is 0 Å². The van der Waals surface area contributed by atoms with Gasteiger partial charge in [-0.05, 0) is 26.7 Å². The van der Waals surface area contributed by atoms with Gasteiger partial charge in [0.05, 0.1) is 24.7 Å². The Balaban J connectivity index is 2.26. The smallest absolute Gasteiger partial charge is 0.196 e. The topological polar surface area (TPSA) is 35.5 Å². The Morgan fingerprint density at radius 2 is 1.94 bits per heavy atom. The van der Waals surface area contributed by atoms with Gasteiger partial charge in [-0.1, -0.05) is 31.0 Å². The van der Waals surface area contributed by atoms with E-state index in [1.165, 1.54) is 31.0 Å². The first-order chi connectivity index (χ1) is 8.56. The van der Waals surface area contributed by atoms with E-state index in [1.54, 1.807) is 7.11 Å². The minimum absolute atomic E-state index is 0.204. The Labute approximate surface area is 115 Å². The third-order valence-electron chi connectivity index (χ3n) is 3.31. The first-order valence-corrected chi connectivity index (χ1v) is 7.82. The molecule has 106 valence electrons. The molecule has 1 saturated carbocycles. The molecule has 0 amide bonds. The summed E-state index contributed by atoms with van der Waals surface area (Å²) in [5.41, 5.74) is -0.393. The Morgan fingerprint density at radius 1 is 1.28 bits per heavy atom. The van der Waals surface area contributed by atoms with E-state index in [0.29, 0.717) is 19.3 Å². The van der Waals surface area contributed by atoms with Crippen molar-refractivity contribution in [2.24, 2.45) is 5.41 Å². The van der Waals surface area contributed by atoms with Gasteiger partial charge >= 0.3 is 0 Å². The minimum Gasteiger partial charge on any atom is -0.384 e. The van der Waals surface area contributed by atoms with E-state index in [1.807, 2.05) is 13.8 Å². The van der Waals surface area contributed by atoms with Crippen LogP contribution in [0.1, 0.15) is 46.0 Å². The van der Waals surface area contributed by atoms with Crippen molar-refractivity contribution < 1.29 is 14.3 Å². The van der Waals surface area contributed by atoms with Crippen LogP contribution in [0, 0.1) is 5.41 Å². The van der Waals surface area contributed by atoms with E-state index >= 15 is 0 Å². The second-order valence-corrected chi connectivity index (χ2v) is 6.65. The van der Waals surface area contributed by atoms with Gasteiger partial charge in [0.25, 0.3) is 0 Å². The normalized spacial score (nSPS) is 17.9. The van der Waals surface area contributed by atoms with Gasteiger partial charge in [0.1, 0.15) is 0 Å². The summed E-state index contributed by atoms with van der Waals surface area (Å²) < 4.78 is 10.9. The average molecular weight is 274 g/mol. The Bertz CT molecular complexity index is 247. The summed E-state index contributed by atoms with van der Waals surface area (Å²) in [6, 6.07) is 0. The minimum atomic E-state index is -0.393. The predicted octanol–water partition coefficient (Wildman–Crippen LogP) is 3.27. The van der Waals surface area contributed by atoms with Gasteiger partial charge < -0.3 is 9.47 Å². The van der Waals surface area contributed by atoms with Crippen molar-refractivity contribution in [3.8, 4) is 0 Å². The standard InChI is InChI=1S/C14H26O3S/c1-14(2,13(15)18-10-9-16-3)11-17-12-7-5-4-6-8-12/h12H,4-11H2,1-3H3. The Hall–Kier alpha value is -0.0600. The highest BCUT2D eigenvalue weighted by Gasteiger charge is 2.29. The van der Waals surface area contributed by atoms with Crippen molar-refractivity contribution >= 4 is 16.9 Å². The van der Waals surface area contributed by atoms with Crippen molar-refractivity contribution in [2.45, 2.75) is 52.1 Å². The van der Waals surface area contributed by atoms with Crippen molar-refractivity contribution in [2.75, 3.05) is 26.1 Å². The van der Waals surface area contributed by atoms with Crippen molar-refractivity contribution in [1.82, 2.24) is 0 Å².